The number of nitro benzene ring substituents is 2. The van der Waals surface area contributed by atoms with Crippen LogP contribution in [0.2, 0.25) is 0 Å². The van der Waals surface area contributed by atoms with E-state index in [1.165, 1.54) is 16.7 Å². The predicted octanol–water partition coefficient (Wildman–Crippen LogP) is 3.00. The normalized spacial score (nSPS) is 11.3. The molecule has 0 aliphatic carbocycles. The van der Waals surface area contributed by atoms with Gasteiger partial charge in [-0.25, -0.2) is 4.79 Å². The summed E-state index contributed by atoms with van der Waals surface area (Å²) in [6, 6.07) is 7.04. The lowest BCUT2D eigenvalue weighted by Crippen LogP contribution is -2.23. The van der Waals surface area contributed by atoms with E-state index in [2.05, 4.69) is 4.99 Å². The number of thiazole rings is 1. The molecule has 182 valence electrons. The number of esters is 2. The van der Waals surface area contributed by atoms with Crippen LogP contribution in [0.4, 0.5) is 11.4 Å². The van der Waals surface area contributed by atoms with Crippen molar-refractivity contribution in [2.75, 3.05) is 13.2 Å². The second-order valence-corrected chi connectivity index (χ2v) is 7.86. The summed E-state index contributed by atoms with van der Waals surface area (Å²) in [5.41, 5.74) is -0.956. The Morgan fingerprint density at radius 3 is 2.14 bits per heavy atom. The minimum absolute atomic E-state index is 0.0215. The standard InChI is InChI=1S/C21H18N4O9S/c1-3-33-18(26)11-23-16-6-5-12(20(28)34-4-2)9-17(16)35-21(23)22-19(27)13-7-14(24(29)30)10-15(8-13)25(31)32/h5-10H,3-4,11H2,1-2H3. The van der Waals surface area contributed by atoms with Gasteiger partial charge in [0.05, 0.1) is 50.5 Å². The molecule has 0 N–H and O–H groups in total. The largest absolute Gasteiger partial charge is 0.465 e. The van der Waals surface area contributed by atoms with Gasteiger partial charge in [0.2, 0.25) is 0 Å². The third-order valence-corrected chi connectivity index (χ3v) is 5.60. The van der Waals surface area contributed by atoms with Crippen molar-refractivity contribution in [3.05, 3.63) is 72.6 Å². The highest BCUT2D eigenvalue weighted by Crippen LogP contribution is 2.24. The molecule has 14 heteroatoms. The summed E-state index contributed by atoms with van der Waals surface area (Å²) >= 11 is 0.970. The molecule has 1 amide bonds. The number of ether oxygens (including phenoxy) is 2. The fraction of sp³-hybridized carbons (Fsp3) is 0.238. The maximum atomic E-state index is 12.9. The maximum Gasteiger partial charge on any atom is 0.338 e. The quantitative estimate of drug-likeness (QED) is 0.255. The SMILES string of the molecule is CCOC(=O)Cn1c(=NC(=O)c2cc([N+](=O)[O-])cc([N+](=O)[O-])c2)sc2cc(C(=O)OCC)ccc21. The molecule has 0 bridgehead atoms. The second kappa shape index (κ2) is 10.6. The number of carbonyl (C=O) groups excluding carboxylic acids is 3. The molecule has 0 atom stereocenters. The van der Waals surface area contributed by atoms with Gasteiger partial charge in [0.15, 0.2) is 4.80 Å². The number of hydrogen-bond donors (Lipinski definition) is 0. The Hall–Kier alpha value is -4.46. The maximum absolute atomic E-state index is 12.9. The highest BCUT2D eigenvalue weighted by atomic mass is 32.1. The van der Waals surface area contributed by atoms with Crippen LogP contribution in [0.15, 0.2) is 41.4 Å². The fourth-order valence-electron chi connectivity index (χ4n) is 3.07. The van der Waals surface area contributed by atoms with Crippen molar-refractivity contribution in [3.63, 3.8) is 0 Å². The molecule has 3 rings (SSSR count). The van der Waals surface area contributed by atoms with Gasteiger partial charge in [-0.05, 0) is 32.0 Å². The molecule has 0 spiro atoms. The summed E-state index contributed by atoms with van der Waals surface area (Å²) in [5.74, 6) is -2.16. The minimum Gasteiger partial charge on any atom is -0.465 e. The predicted molar refractivity (Wildman–Crippen MR) is 122 cm³/mol. The Labute approximate surface area is 200 Å². The van der Waals surface area contributed by atoms with Crippen molar-refractivity contribution in [2.24, 2.45) is 4.99 Å². The number of hydrogen-bond acceptors (Lipinski definition) is 10. The summed E-state index contributed by atoms with van der Waals surface area (Å²) < 4.78 is 11.9. The zero-order valence-electron chi connectivity index (χ0n) is 18.5. The zero-order valence-corrected chi connectivity index (χ0v) is 19.3. The lowest BCUT2D eigenvalue weighted by molar-refractivity contribution is -0.394. The monoisotopic (exact) mass is 502 g/mol. The van der Waals surface area contributed by atoms with Crippen LogP contribution >= 0.6 is 11.3 Å². The van der Waals surface area contributed by atoms with Gasteiger partial charge in [-0.3, -0.25) is 29.8 Å². The van der Waals surface area contributed by atoms with Crippen LogP contribution in [0.3, 0.4) is 0 Å². The van der Waals surface area contributed by atoms with E-state index < -0.39 is 39.1 Å². The molecule has 0 saturated carbocycles. The summed E-state index contributed by atoms with van der Waals surface area (Å²) in [5, 5.41) is 22.3. The molecule has 2 aromatic carbocycles. The first kappa shape index (κ1) is 25.2. The fourth-order valence-corrected chi connectivity index (χ4v) is 4.14. The molecule has 0 aliphatic rings. The number of amides is 1. The molecule has 0 unspecified atom stereocenters. The zero-order chi connectivity index (χ0) is 25.7. The van der Waals surface area contributed by atoms with E-state index in [1.807, 2.05) is 0 Å². The average molecular weight is 502 g/mol. The number of nitrogens with zero attached hydrogens (tertiary/aromatic N) is 4. The van der Waals surface area contributed by atoms with Gasteiger partial charge in [-0.1, -0.05) is 11.3 Å². The first-order valence-electron chi connectivity index (χ1n) is 10.1. The van der Waals surface area contributed by atoms with E-state index >= 15 is 0 Å². The number of benzene rings is 2. The Morgan fingerprint density at radius 2 is 1.57 bits per heavy atom. The van der Waals surface area contributed by atoms with Gasteiger partial charge in [0.1, 0.15) is 6.54 Å². The topological polar surface area (TPSA) is 173 Å². The molecule has 3 aromatic rings. The highest BCUT2D eigenvalue weighted by Gasteiger charge is 2.21. The molecule has 1 heterocycles. The Bertz CT molecular complexity index is 1390. The van der Waals surface area contributed by atoms with Crippen LogP contribution in [0.5, 0.6) is 0 Å². The molecular weight excluding hydrogens is 484 g/mol. The van der Waals surface area contributed by atoms with E-state index in [-0.39, 0.29) is 35.7 Å². The third kappa shape index (κ3) is 5.73. The number of fused-ring (bicyclic) bond motifs is 1. The summed E-state index contributed by atoms with van der Waals surface area (Å²) in [7, 11) is 0. The summed E-state index contributed by atoms with van der Waals surface area (Å²) in [6.07, 6.45) is 0. The minimum atomic E-state index is -0.994. The Balaban J connectivity index is 2.16. The smallest absolute Gasteiger partial charge is 0.338 e. The Morgan fingerprint density at radius 1 is 0.943 bits per heavy atom. The number of rotatable bonds is 8. The van der Waals surface area contributed by atoms with Crippen molar-refractivity contribution in [1.29, 1.82) is 0 Å². The molecule has 13 nitrogen and oxygen atoms in total. The van der Waals surface area contributed by atoms with E-state index in [1.54, 1.807) is 19.9 Å². The van der Waals surface area contributed by atoms with Crippen LogP contribution in [-0.4, -0.2) is 45.5 Å². The molecular formula is C21H18N4O9S. The van der Waals surface area contributed by atoms with Crippen molar-refractivity contribution in [3.8, 4) is 0 Å². The number of non-ortho nitro benzene ring substituents is 2. The highest BCUT2D eigenvalue weighted by molar-refractivity contribution is 7.16. The lowest BCUT2D eigenvalue weighted by atomic mass is 10.1. The molecule has 0 radical (unpaired) electrons. The van der Waals surface area contributed by atoms with E-state index in [0.29, 0.717) is 10.2 Å². The second-order valence-electron chi connectivity index (χ2n) is 6.85. The van der Waals surface area contributed by atoms with Crippen molar-refractivity contribution in [2.45, 2.75) is 20.4 Å². The summed E-state index contributed by atoms with van der Waals surface area (Å²) in [4.78, 5) is 61.7. The van der Waals surface area contributed by atoms with Gasteiger partial charge in [-0.15, -0.1) is 0 Å². The van der Waals surface area contributed by atoms with Crippen LogP contribution in [0.25, 0.3) is 10.2 Å². The van der Waals surface area contributed by atoms with E-state index in [9.17, 15) is 34.6 Å². The third-order valence-electron chi connectivity index (χ3n) is 4.55. The van der Waals surface area contributed by atoms with Crippen LogP contribution in [0, 0.1) is 20.2 Å². The van der Waals surface area contributed by atoms with E-state index in [4.69, 9.17) is 9.47 Å². The van der Waals surface area contributed by atoms with Crippen molar-refractivity contribution < 1.29 is 33.7 Å². The first-order valence-corrected chi connectivity index (χ1v) is 10.9. The molecule has 0 fully saturated rings. The van der Waals surface area contributed by atoms with Gasteiger partial charge in [-0.2, -0.15) is 4.99 Å². The van der Waals surface area contributed by atoms with Gasteiger partial charge < -0.3 is 14.0 Å². The molecule has 35 heavy (non-hydrogen) atoms. The van der Waals surface area contributed by atoms with Gasteiger partial charge in [0.25, 0.3) is 17.3 Å². The summed E-state index contributed by atoms with van der Waals surface area (Å²) in [6.45, 7) is 3.28. The van der Waals surface area contributed by atoms with Crippen LogP contribution < -0.4 is 4.80 Å². The van der Waals surface area contributed by atoms with Crippen molar-refractivity contribution in [1.82, 2.24) is 4.57 Å². The number of nitro groups is 2. The number of aromatic nitrogens is 1. The van der Waals surface area contributed by atoms with Gasteiger partial charge >= 0.3 is 11.9 Å². The lowest BCUT2D eigenvalue weighted by Gasteiger charge is -2.06. The van der Waals surface area contributed by atoms with Crippen LogP contribution in [0.1, 0.15) is 34.6 Å². The Kier molecular flexibility index (Phi) is 7.66. The van der Waals surface area contributed by atoms with Gasteiger partial charge in [0, 0.05) is 12.1 Å². The van der Waals surface area contributed by atoms with Crippen LogP contribution in [-0.2, 0) is 20.8 Å². The van der Waals surface area contributed by atoms with Crippen molar-refractivity contribution >= 4 is 50.8 Å². The number of carbonyl (C=O) groups is 3. The molecule has 0 saturated heterocycles. The molecule has 1 aromatic heterocycles. The van der Waals surface area contributed by atoms with E-state index in [0.717, 1.165) is 29.5 Å². The average Bonchev–Trinajstić information content (AvgIpc) is 3.14. The molecule has 0 aliphatic heterocycles. The first-order chi connectivity index (χ1) is 16.6.